The summed E-state index contributed by atoms with van der Waals surface area (Å²) >= 11 is 0. The van der Waals surface area contributed by atoms with Crippen LogP contribution in [-0.2, 0) is 29.2 Å². The predicted molar refractivity (Wildman–Crippen MR) is 86.5 cm³/mol. The van der Waals surface area contributed by atoms with Crippen molar-refractivity contribution in [3.8, 4) is 0 Å². The molecule has 1 N–H and O–H groups in total. The molecule has 7 nitrogen and oxygen atoms in total. The van der Waals surface area contributed by atoms with Crippen molar-refractivity contribution in [2.75, 3.05) is 13.2 Å². The molecule has 0 aromatic heterocycles. The number of carbonyl (C=O) groups excluding carboxylic acids is 2. The van der Waals surface area contributed by atoms with Gasteiger partial charge in [-0.15, -0.1) is 0 Å². The van der Waals surface area contributed by atoms with Crippen molar-refractivity contribution in [2.24, 2.45) is 10.8 Å². The van der Waals surface area contributed by atoms with Crippen molar-refractivity contribution in [3.05, 3.63) is 0 Å². The topological polar surface area (TPSA) is 107 Å². The molecule has 0 heterocycles. The Morgan fingerprint density at radius 1 is 0.957 bits per heavy atom. The Bertz CT molecular complexity index is 500. The van der Waals surface area contributed by atoms with Crippen molar-refractivity contribution in [3.63, 3.8) is 0 Å². The molecule has 0 aliphatic carbocycles. The molecular formula is C14H26NaO7S. The molecule has 1 unspecified atom stereocenters. The first-order valence-electron chi connectivity index (χ1n) is 6.90. The summed E-state index contributed by atoms with van der Waals surface area (Å²) in [7, 11) is -4.76. The first-order chi connectivity index (χ1) is 9.62. The summed E-state index contributed by atoms with van der Waals surface area (Å²) < 4.78 is 41.4. The molecule has 0 saturated heterocycles. The van der Waals surface area contributed by atoms with E-state index in [0.29, 0.717) is 0 Å². The number of esters is 2. The van der Waals surface area contributed by atoms with Gasteiger partial charge >= 0.3 is 11.9 Å². The minimum Gasteiger partial charge on any atom is -0.465 e. The fourth-order valence-corrected chi connectivity index (χ4v) is 1.86. The van der Waals surface area contributed by atoms with Gasteiger partial charge in [0.15, 0.2) is 5.25 Å². The van der Waals surface area contributed by atoms with E-state index < -0.39 is 33.7 Å². The van der Waals surface area contributed by atoms with E-state index in [1.54, 1.807) is 20.8 Å². The van der Waals surface area contributed by atoms with Crippen LogP contribution in [0.3, 0.4) is 0 Å². The minimum absolute atomic E-state index is 0. The third-order valence-corrected chi connectivity index (χ3v) is 3.37. The van der Waals surface area contributed by atoms with E-state index >= 15 is 0 Å². The molecule has 0 saturated carbocycles. The van der Waals surface area contributed by atoms with Crippen molar-refractivity contribution in [1.29, 1.82) is 0 Å². The van der Waals surface area contributed by atoms with Crippen molar-refractivity contribution in [1.82, 2.24) is 0 Å². The second-order valence-corrected chi connectivity index (χ2v) is 9.20. The normalized spacial score (nSPS) is 13.7. The number of hydrogen-bond donors (Lipinski definition) is 1. The average molecular weight is 361 g/mol. The molecule has 131 valence electrons. The molecule has 1 radical (unpaired) electrons. The van der Waals surface area contributed by atoms with E-state index in [0.717, 1.165) is 0 Å². The number of carbonyl (C=O) groups is 2. The van der Waals surface area contributed by atoms with Crippen LogP contribution in [0.4, 0.5) is 0 Å². The summed E-state index contributed by atoms with van der Waals surface area (Å²) in [6.07, 6.45) is -0.780. The largest absolute Gasteiger partial charge is 0.465 e. The maximum absolute atomic E-state index is 11.8. The van der Waals surface area contributed by atoms with Gasteiger partial charge in [-0.1, -0.05) is 41.5 Å². The molecule has 0 spiro atoms. The van der Waals surface area contributed by atoms with E-state index in [1.165, 1.54) is 0 Å². The van der Waals surface area contributed by atoms with Crippen LogP contribution in [0.5, 0.6) is 0 Å². The zero-order valence-electron chi connectivity index (χ0n) is 15.0. The Labute approximate surface area is 160 Å². The summed E-state index contributed by atoms with van der Waals surface area (Å²) in [4.78, 5) is 23.5. The smallest absolute Gasteiger partial charge is 0.327 e. The van der Waals surface area contributed by atoms with Crippen LogP contribution in [0.1, 0.15) is 48.0 Å². The van der Waals surface area contributed by atoms with Gasteiger partial charge in [0.1, 0.15) is 0 Å². The minimum atomic E-state index is -4.76. The van der Waals surface area contributed by atoms with Crippen LogP contribution < -0.4 is 0 Å². The van der Waals surface area contributed by atoms with Gasteiger partial charge < -0.3 is 9.47 Å². The van der Waals surface area contributed by atoms with Gasteiger partial charge in [-0.05, 0) is 10.8 Å². The van der Waals surface area contributed by atoms with Gasteiger partial charge in [0.05, 0.1) is 19.6 Å². The third-order valence-electron chi connectivity index (χ3n) is 2.29. The van der Waals surface area contributed by atoms with Crippen molar-refractivity contribution >= 4 is 51.6 Å². The summed E-state index contributed by atoms with van der Waals surface area (Å²) in [5.41, 5.74) is -0.665. The van der Waals surface area contributed by atoms with Gasteiger partial charge in [-0.3, -0.25) is 14.1 Å². The summed E-state index contributed by atoms with van der Waals surface area (Å²) in [6.45, 7) is 10.9. The van der Waals surface area contributed by atoms with Gasteiger partial charge in [0.2, 0.25) is 0 Å². The Balaban J connectivity index is 0. The molecule has 0 aliphatic rings. The van der Waals surface area contributed by atoms with Crippen LogP contribution in [0, 0.1) is 10.8 Å². The van der Waals surface area contributed by atoms with Crippen LogP contribution >= 0.6 is 0 Å². The Morgan fingerprint density at radius 3 is 1.70 bits per heavy atom. The monoisotopic (exact) mass is 361 g/mol. The molecule has 23 heavy (non-hydrogen) atoms. The van der Waals surface area contributed by atoms with Crippen LogP contribution in [0.25, 0.3) is 0 Å². The molecule has 0 aromatic rings. The first-order valence-corrected chi connectivity index (χ1v) is 8.41. The zero-order valence-corrected chi connectivity index (χ0v) is 17.8. The number of hydrogen-bond acceptors (Lipinski definition) is 6. The average Bonchev–Trinajstić information content (AvgIpc) is 2.27. The summed E-state index contributed by atoms with van der Waals surface area (Å²) in [5.74, 6) is -2.05. The Morgan fingerprint density at radius 2 is 1.35 bits per heavy atom. The third kappa shape index (κ3) is 12.9. The van der Waals surface area contributed by atoms with E-state index in [2.05, 4.69) is 0 Å². The molecular weight excluding hydrogens is 335 g/mol. The second-order valence-electron chi connectivity index (χ2n) is 7.60. The van der Waals surface area contributed by atoms with Gasteiger partial charge in [-0.2, -0.15) is 8.42 Å². The van der Waals surface area contributed by atoms with Gasteiger partial charge in [0.25, 0.3) is 10.1 Å². The zero-order chi connectivity index (χ0) is 17.8. The van der Waals surface area contributed by atoms with Crippen LogP contribution in [0.15, 0.2) is 0 Å². The fourth-order valence-electron chi connectivity index (χ4n) is 1.20. The van der Waals surface area contributed by atoms with E-state index in [1.807, 2.05) is 20.8 Å². The Hall–Kier alpha value is -0.150. The first kappa shape index (κ1) is 25.1. The fraction of sp³-hybridized carbons (Fsp3) is 0.857. The molecule has 1 atom stereocenters. The van der Waals surface area contributed by atoms with Crippen LogP contribution in [-0.4, -0.2) is 72.9 Å². The SMILES string of the molecule is CC(C)(C)COC(=O)CC(C(=O)OCC(C)(C)C)S(=O)(=O)O.[Na]. The van der Waals surface area contributed by atoms with Gasteiger partial charge in [-0.25, -0.2) is 0 Å². The van der Waals surface area contributed by atoms with Crippen molar-refractivity contribution < 1.29 is 32.0 Å². The molecule has 0 amide bonds. The predicted octanol–water partition coefficient (Wildman–Crippen LogP) is 1.43. The quantitative estimate of drug-likeness (QED) is 0.433. The molecule has 0 fully saturated rings. The van der Waals surface area contributed by atoms with Crippen molar-refractivity contribution in [2.45, 2.75) is 53.2 Å². The maximum Gasteiger partial charge on any atom is 0.327 e. The summed E-state index contributed by atoms with van der Waals surface area (Å²) in [6, 6.07) is 0. The standard InChI is InChI=1S/C14H26O7S.Na/c1-13(2,3)8-20-11(15)7-10(22(17,18)19)12(16)21-9-14(4,5)6;/h10H,7-9H2,1-6H3,(H,17,18,19);. The second kappa shape index (κ2) is 9.36. The van der Waals surface area contributed by atoms with E-state index in [4.69, 9.17) is 14.0 Å². The molecule has 0 bridgehead atoms. The molecule has 0 rings (SSSR count). The van der Waals surface area contributed by atoms with Gasteiger partial charge in [0, 0.05) is 29.6 Å². The molecule has 0 aromatic carbocycles. The molecule has 0 aliphatic heterocycles. The van der Waals surface area contributed by atoms with Crippen LogP contribution in [0.2, 0.25) is 0 Å². The van der Waals surface area contributed by atoms with E-state index in [9.17, 15) is 18.0 Å². The van der Waals surface area contributed by atoms with E-state index in [-0.39, 0.29) is 53.6 Å². The number of rotatable bonds is 6. The Kier molecular flexibility index (Phi) is 10.2. The number of ether oxygens (including phenoxy) is 2. The maximum atomic E-state index is 11.8. The summed E-state index contributed by atoms with van der Waals surface area (Å²) in [5, 5.41) is -1.97. The molecule has 9 heteroatoms.